The number of primary sulfonamides is 1. The maximum absolute atomic E-state index is 13.3. The Morgan fingerprint density at radius 2 is 1.72 bits per heavy atom. The van der Waals surface area contributed by atoms with Gasteiger partial charge in [0.25, 0.3) is 5.69 Å². The first-order valence-electron chi connectivity index (χ1n) is 10.5. The average molecular weight is 528 g/mol. The minimum Gasteiger partial charge on any atom is -0.286 e. The van der Waals surface area contributed by atoms with Crippen molar-refractivity contribution in [2.24, 2.45) is 15.4 Å². The minimum atomic E-state index is -3.87. The third kappa shape index (κ3) is 5.15. The van der Waals surface area contributed by atoms with E-state index in [4.69, 9.17) is 5.14 Å². The number of nitro benzene ring substituents is 1. The molecule has 2 aromatic carbocycles. The average Bonchev–Trinajstić information content (AvgIpc) is 3.42. The molecule has 0 aliphatic rings. The molecule has 4 rings (SSSR count). The summed E-state index contributed by atoms with van der Waals surface area (Å²) in [5, 5.41) is 29.6. The highest BCUT2D eigenvalue weighted by Gasteiger charge is 2.22. The highest BCUT2D eigenvalue weighted by Crippen LogP contribution is 2.31. The maximum Gasteiger partial charge on any atom is 0.301 e. The Bertz CT molecular complexity index is 1630. The van der Waals surface area contributed by atoms with Crippen LogP contribution in [0.5, 0.6) is 0 Å². The molecular formula is C22H21N7O5S2. The lowest BCUT2D eigenvalue weighted by molar-refractivity contribution is -0.384. The molecule has 0 aliphatic carbocycles. The van der Waals surface area contributed by atoms with Gasteiger partial charge in [0.05, 0.1) is 26.9 Å². The summed E-state index contributed by atoms with van der Waals surface area (Å²) in [5.41, 5.74) is 0.948. The van der Waals surface area contributed by atoms with E-state index >= 15 is 0 Å². The van der Waals surface area contributed by atoms with Crippen molar-refractivity contribution in [2.45, 2.75) is 31.1 Å². The van der Waals surface area contributed by atoms with Crippen LogP contribution in [0.3, 0.4) is 0 Å². The van der Waals surface area contributed by atoms with Gasteiger partial charge in [0.2, 0.25) is 15.2 Å². The molecule has 0 bridgehead atoms. The molecule has 4 aromatic rings. The molecule has 186 valence electrons. The molecule has 0 radical (unpaired) electrons. The molecule has 0 saturated carbocycles. The van der Waals surface area contributed by atoms with Crippen molar-refractivity contribution < 1.29 is 13.3 Å². The summed E-state index contributed by atoms with van der Waals surface area (Å²) >= 11 is 1.28. The van der Waals surface area contributed by atoms with Crippen molar-refractivity contribution in [1.29, 1.82) is 0 Å². The first-order chi connectivity index (χ1) is 16.8. The lowest BCUT2D eigenvalue weighted by atomic mass is 9.93. The molecule has 0 aliphatic heterocycles. The Hall–Kier alpha value is -4.01. The number of non-ortho nitro benzene ring substituents is 1. The van der Waals surface area contributed by atoms with E-state index in [1.165, 1.54) is 64.5 Å². The minimum absolute atomic E-state index is 0.0492. The Kier molecular flexibility index (Phi) is 6.43. The zero-order valence-corrected chi connectivity index (χ0v) is 21.0. The van der Waals surface area contributed by atoms with Crippen LogP contribution in [0.4, 0.5) is 17.1 Å². The Morgan fingerprint density at radius 1 is 1.08 bits per heavy atom. The van der Waals surface area contributed by atoms with E-state index in [9.17, 15) is 23.3 Å². The zero-order valence-electron chi connectivity index (χ0n) is 19.4. The van der Waals surface area contributed by atoms with Crippen LogP contribution < -0.4 is 10.7 Å². The van der Waals surface area contributed by atoms with Gasteiger partial charge in [-0.2, -0.15) is 9.80 Å². The Balaban J connectivity index is 1.81. The number of hydrogen-bond donors (Lipinski definition) is 2. The molecule has 0 saturated heterocycles. The monoisotopic (exact) mass is 527 g/mol. The van der Waals surface area contributed by atoms with Crippen LogP contribution in [0.2, 0.25) is 0 Å². The second-order valence-corrected chi connectivity index (χ2v) is 11.2. The number of benzene rings is 2. The van der Waals surface area contributed by atoms with E-state index in [2.05, 4.69) is 20.3 Å². The summed E-state index contributed by atoms with van der Waals surface area (Å²) in [6, 6.07) is 11.0. The van der Waals surface area contributed by atoms with E-state index in [0.717, 1.165) is 5.69 Å². The van der Waals surface area contributed by atoms with Gasteiger partial charge in [-0.25, -0.2) is 18.5 Å². The molecule has 0 amide bonds. The lowest BCUT2D eigenvalue weighted by Gasteiger charge is -2.14. The molecule has 0 atom stereocenters. The first-order valence-corrected chi connectivity index (χ1v) is 12.9. The SMILES string of the molecule is CC(C)(C)c1csc(-n2[nH]c(-c3ccc([N+](=O)[O-])cc3)c(N=Nc3ccc(S(N)(=O)=O)cc3)c2=O)n1. The number of thiazole rings is 1. The fourth-order valence-corrected chi connectivity index (χ4v) is 4.65. The highest BCUT2D eigenvalue weighted by molar-refractivity contribution is 7.89. The smallest absolute Gasteiger partial charge is 0.286 e. The molecule has 12 nitrogen and oxygen atoms in total. The van der Waals surface area contributed by atoms with Crippen LogP contribution in [0.15, 0.2) is 73.8 Å². The van der Waals surface area contributed by atoms with Gasteiger partial charge in [-0.05, 0) is 36.4 Å². The standard InChI is InChI=1S/C22H21N7O5S2/c1-22(2,3)17-12-35-21(24-17)28-20(30)19(18(27-28)13-4-8-15(9-5-13)29(31)32)26-25-14-6-10-16(11-7-14)36(23,33)34/h4-12,27H,1-3H3,(H2,23,33,34). The van der Waals surface area contributed by atoms with Gasteiger partial charge in [0.15, 0.2) is 5.69 Å². The van der Waals surface area contributed by atoms with Gasteiger partial charge in [-0.15, -0.1) is 16.5 Å². The lowest BCUT2D eigenvalue weighted by Crippen LogP contribution is -2.16. The third-order valence-electron chi connectivity index (χ3n) is 5.12. The number of aromatic nitrogens is 3. The van der Waals surface area contributed by atoms with Crippen molar-refractivity contribution in [1.82, 2.24) is 14.8 Å². The van der Waals surface area contributed by atoms with Crippen LogP contribution in [0.25, 0.3) is 16.4 Å². The van der Waals surface area contributed by atoms with Gasteiger partial charge >= 0.3 is 5.56 Å². The molecule has 0 fully saturated rings. The van der Waals surface area contributed by atoms with Gasteiger partial charge in [-0.1, -0.05) is 20.8 Å². The van der Waals surface area contributed by atoms with E-state index in [-0.39, 0.29) is 33.1 Å². The summed E-state index contributed by atoms with van der Waals surface area (Å²) in [6.07, 6.45) is 0. The second kappa shape index (κ2) is 9.22. The van der Waals surface area contributed by atoms with Gasteiger partial charge in [-0.3, -0.25) is 20.0 Å². The fraction of sp³-hybridized carbons (Fsp3) is 0.182. The summed E-state index contributed by atoms with van der Waals surface area (Å²) < 4.78 is 24.2. The molecule has 0 unspecified atom stereocenters. The van der Waals surface area contributed by atoms with Crippen molar-refractivity contribution in [3.8, 4) is 16.4 Å². The van der Waals surface area contributed by atoms with Crippen LogP contribution in [-0.4, -0.2) is 28.1 Å². The Labute approximate surface area is 209 Å². The van der Waals surface area contributed by atoms with Crippen LogP contribution in [0, 0.1) is 10.1 Å². The van der Waals surface area contributed by atoms with Crippen LogP contribution in [-0.2, 0) is 15.4 Å². The van der Waals surface area contributed by atoms with Crippen molar-refractivity contribution in [3.63, 3.8) is 0 Å². The maximum atomic E-state index is 13.3. The predicted molar refractivity (Wildman–Crippen MR) is 135 cm³/mol. The molecule has 3 N–H and O–H groups in total. The van der Waals surface area contributed by atoms with E-state index < -0.39 is 20.5 Å². The number of sulfonamides is 1. The van der Waals surface area contributed by atoms with Gasteiger partial charge < -0.3 is 0 Å². The number of nitro groups is 1. The fourth-order valence-electron chi connectivity index (χ4n) is 3.13. The third-order valence-corrected chi connectivity index (χ3v) is 6.87. The molecule has 36 heavy (non-hydrogen) atoms. The Morgan fingerprint density at radius 3 is 2.25 bits per heavy atom. The summed E-state index contributed by atoms with van der Waals surface area (Å²) in [5.74, 6) is 0. The molecule has 2 aromatic heterocycles. The van der Waals surface area contributed by atoms with Crippen molar-refractivity contribution in [2.75, 3.05) is 0 Å². The first kappa shape index (κ1) is 25.1. The number of nitrogens with two attached hydrogens (primary N) is 1. The highest BCUT2D eigenvalue weighted by atomic mass is 32.2. The second-order valence-electron chi connectivity index (χ2n) is 8.78. The van der Waals surface area contributed by atoms with Gasteiger partial charge in [0, 0.05) is 28.5 Å². The van der Waals surface area contributed by atoms with E-state index in [1.807, 2.05) is 26.2 Å². The number of rotatable bonds is 6. The number of nitrogens with one attached hydrogen (secondary N) is 1. The summed E-state index contributed by atoms with van der Waals surface area (Å²) in [6.45, 7) is 6.02. The van der Waals surface area contributed by atoms with Crippen molar-refractivity contribution in [3.05, 3.63) is 80.1 Å². The number of hydrogen-bond acceptors (Lipinski definition) is 9. The van der Waals surface area contributed by atoms with Crippen LogP contribution in [0.1, 0.15) is 26.5 Å². The number of nitrogens with zero attached hydrogens (tertiary/aromatic N) is 5. The van der Waals surface area contributed by atoms with E-state index in [1.54, 1.807) is 0 Å². The number of azo groups is 1. The van der Waals surface area contributed by atoms with E-state index in [0.29, 0.717) is 10.7 Å². The predicted octanol–water partition coefficient (Wildman–Crippen LogP) is 4.56. The molecule has 14 heteroatoms. The summed E-state index contributed by atoms with van der Waals surface area (Å²) in [7, 11) is -3.87. The van der Waals surface area contributed by atoms with Crippen molar-refractivity contribution >= 4 is 38.4 Å². The molecular weight excluding hydrogens is 506 g/mol. The normalized spacial score (nSPS) is 12.3. The largest absolute Gasteiger partial charge is 0.301 e. The molecule has 0 spiro atoms. The molecule has 2 heterocycles. The topological polar surface area (TPSA) is 179 Å². The summed E-state index contributed by atoms with van der Waals surface area (Å²) in [4.78, 5) is 28.4. The zero-order chi connectivity index (χ0) is 26.3. The number of aromatic amines is 1. The van der Waals surface area contributed by atoms with Gasteiger partial charge in [0.1, 0.15) is 0 Å². The number of H-pyrrole nitrogens is 1. The van der Waals surface area contributed by atoms with Crippen LogP contribution >= 0.6 is 11.3 Å². The quantitative estimate of drug-likeness (QED) is 0.211.